The van der Waals surface area contributed by atoms with E-state index in [0.717, 1.165) is 31.0 Å². The van der Waals surface area contributed by atoms with E-state index >= 15 is 0 Å². The quantitative estimate of drug-likeness (QED) is 0.789. The average Bonchev–Trinajstić information content (AvgIpc) is 2.36. The van der Waals surface area contributed by atoms with E-state index in [9.17, 15) is 0 Å². The van der Waals surface area contributed by atoms with Crippen molar-refractivity contribution in [2.75, 3.05) is 26.2 Å². The zero-order chi connectivity index (χ0) is 15.1. The van der Waals surface area contributed by atoms with Crippen molar-refractivity contribution >= 4 is 0 Å². The fourth-order valence-corrected chi connectivity index (χ4v) is 2.97. The number of rotatable bonds is 8. The molecule has 0 aliphatic carbocycles. The van der Waals surface area contributed by atoms with E-state index in [1.165, 1.54) is 24.1 Å². The highest BCUT2D eigenvalue weighted by Crippen LogP contribution is 2.20. The summed E-state index contributed by atoms with van der Waals surface area (Å²) in [5.74, 6) is 0. The molecular formula is C17H31N3. The van der Waals surface area contributed by atoms with Crippen LogP contribution in [0.4, 0.5) is 0 Å². The molecule has 1 aromatic rings. The summed E-state index contributed by atoms with van der Waals surface area (Å²) in [6.07, 6.45) is 1.23. The van der Waals surface area contributed by atoms with Crippen molar-refractivity contribution in [1.82, 2.24) is 15.2 Å². The van der Waals surface area contributed by atoms with Crippen molar-refractivity contribution in [1.29, 1.82) is 0 Å². The molecule has 1 N–H and O–H groups in total. The Morgan fingerprint density at radius 2 is 1.90 bits per heavy atom. The second-order valence-electron chi connectivity index (χ2n) is 5.69. The lowest BCUT2D eigenvalue weighted by molar-refractivity contribution is 0.283. The lowest BCUT2D eigenvalue weighted by Gasteiger charge is -2.23. The monoisotopic (exact) mass is 277 g/mol. The molecule has 1 rings (SSSR count). The molecule has 0 aliphatic rings. The first-order chi connectivity index (χ1) is 9.49. The number of hydrogen-bond acceptors (Lipinski definition) is 3. The van der Waals surface area contributed by atoms with Gasteiger partial charge in [0.2, 0.25) is 0 Å². The van der Waals surface area contributed by atoms with Gasteiger partial charge in [0.15, 0.2) is 0 Å². The number of likely N-dealkylation sites (N-methyl/N-ethyl adjacent to an activating group) is 1. The molecule has 0 amide bonds. The molecule has 0 fully saturated rings. The van der Waals surface area contributed by atoms with Gasteiger partial charge in [0.25, 0.3) is 0 Å². The number of hydrogen-bond donors (Lipinski definition) is 1. The predicted molar refractivity (Wildman–Crippen MR) is 87.3 cm³/mol. The maximum atomic E-state index is 4.59. The van der Waals surface area contributed by atoms with Gasteiger partial charge < -0.3 is 10.2 Å². The van der Waals surface area contributed by atoms with E-state index in [0.29, 0.717) is 6.04 Å². The Balaban J connectivity index is 2.57. The maximum absolute atomic E-state index is 4.59. The molecule has 0 bridgehead atoms. The zero-order valence-corrected chi connectivity index (χ0v) is 14.1. The van der Waals surface area contributed by atoms with Gasteiger partial charge in [-0.1, -0.05) is 13.8 Å². The number of aryl methyl sites for hydroxylation is 3. The SMILES string of the molecule is CCCN(CC)CCNC(C)c1c(C)cc(C)nc1C. The van der Waals surface area contributed by atoms with Crippen LogP contribution in [-0.2, 0) is 0 Å². The predicted octanol–water partition coefficient (Wildman–Crippen LogP) is 3.39. The first-order valence-electron chi connectivity index (χ1n) is 7.90. The Morgan fingerprint density at radius 3 is 2.45 bits per heavy atom. The van der Waals surface area contributed by atoms with Crippen molar-refractivity contribution in [3.63, 3.8) is 0 Å². The van der Waals surface area contributed by atoms with Gasteiger partial charge in [0.1, 0.15) is 0 Å². The minimum Gasteiger partial charge on any atom is -0.309 e. The van der Waals surface area contributed by atoms with E-state index in [4.69, 9.17) is 0 Å². The minimum atomic E-state index is 0.364. The molecule has 1 unspecified atom stereocenters. The van der Waals surface area contributed by atoms with Crippen LogP contribution in [-0.4, -0.2) is 36.1 Å². The topological polar surface area (TPSA) is 28.2 Å². The van der Waals surface area contributed by atoms with Crippen molar-refractivity contribution < 1.29 is 0 Å². The number of pyridine rings is 1. The van der Waals surface area contributed by atoms with Crippen LogP contribution in [0.25, 0.3) is 0 Å². The normalized spacial score (nSPS) is 12.9. The molecule has 114 valence electrons. The standard InChI is InChI=1S/C17H31N3/c1-7-10-20(8-2)11-9-18-15(5)17-13(3)12-14(4)19-16(17)6/h12,15,18H,7-11H2,1-6H3. The Morgan fingerprint density at radius 1 is 1.20 bits per heavy atom. The van der Waals surface area contributed by atoms with E-state index in [1.807, 2.05) is 0 Å². The number of nitrogens with zero attached hydrogens (tertiary/aromatic N) is 2. The van der Waals surface area contributed by atoms with Gasteiger partial charge in [0, 0.05) is 30.5 Å². The highest BCUT2D eigenvalue weighted by atomic mass is 15.1. The minimum absolute atomic E-state index is 0.364. The largest absolute Gasteiger partial charge is 0.309 e. The Bertz CT molecular complexity index is 392. The first kappa shape index (κ1) is 17.1. The molecule has 0 spiro atoms. The molecule has 1 aromatic heterocycles. The van der Waals surface area contributed by atoms with Gasteiger partial charge in [-0.25, -0.2) is 0 Å². The highest BCUT2D eigenvalue weighted by molar-refractivity contribution is 5.33. The summed E-state index contributed by atoms with van der Waals surface area (Å²) in [7, 11) is 0. The van der Waals surface area contributed by atoms with Crippen LogP contribution in [0, 0.1) is 20.8 Å². The first-order valence-corrected chi connectivity index (χ1v) is 7.90. The average molecular weight is 277 g/mol. The highest BCUT2D eigenvalue weighted by Gasteiger charge is 2.12. The Hall–Kier alpha value is -0.930. The molecule has 3 heteroatoms. The van der Waals surface area contributed by atoms with E-state index in [-0.39, 0.29) is 0 Å². The fourth-order valence-electron chi connectivity index (χ4n) is 2.97. The summed E-state index contributed by atoms with van der Waals surface area (Å²) in [6, 6.07) is 2.54. The third-order valence-electron chi connectivity index (χ3n) is 3.88. The van der Waals surface area contributed by atoms with Crippen LogP contribution in [0.3, 0.4) is 0 Å². The van der Waals surface area contributed by atoms with Gasteiger partial charge in [-0.3, -0.25) is 4.98 Å². The van der Waals surface area contributed by atoms with Crippen molar-refractivity contribution in [2.45, 2.75) is 54.0 Å². The number of nitrogens with one attached hydrogen (secondary N) is 1. The van der Waals surface area contributed by atoms with Crippen molar-refractivity contribution in [3.05, 3.63) is 28.6 Å². The Labute approximate surface area is 124 Å². The molecule has 0 saturated carbocycles. The second kappa shape index (κ2) is 8.38. The van der Waals surface area contributed by atoms with E-state index < -0.39 is 0 Å². The fraction of sp³-hybridized carbons (Fsp3) is 0.706. The van der Waals surface area contributed by atoms with Crippen LogP contribution < -0.4 is 5.32 Å². The lowest BCUT2D eigenvalue weighted by Crippen LogP contribution is -2.34. The van der Waals surface area contributed by atoms with Crippen molar-refractivity contribution in [2.24, 2.45) is 0 Å². The molecule has 0 aromatic carbocycles. The summed E-state index contributed by atoms with van der Waals surface area (Å²) in [5, 5.41) is 3.64. The van der Waals surface area contributed by atoms with E-state index in [2.05, 4.69) is 62.8 Å². The number of aromatic nitrogens is 1. The third kappa shape index (κ3) is 4.88. The molecule has 0 radical (unpaired) electrons. The molecule has 3 nitrogen and oxygen atoms in total. The summed E-state index contributed by atoms with van der Waals surface area (Å²) < 4.78 is 0. The molecule has 0 saturated heterocycles. The zero-order valence-electron chi connectivity index (χ0n) is 14.1. The maximum Gasteiger partial charge on any atom is 0.0426 e. The van der Waals surface area contributed by atoms with Gasteiger partial charge >= 0.3 is 0 Å². The van der Waals surface area contributed by atoms with E-state index in [1.54, 1.807) is 0 Å². The summed E-state index contributed by atoms with van der Waals surface area (Å²) in [6.45, 7) is 17.5. The van der Waals surface area contributed by atoms with Crippen LogP contribution >= 0.6 is 0 Å². The van der Waals surface area contributed by atoms with Crippen LogP contribution in [0.1, 0.15) is 55.7 Å². The van der Waals surface area contributed by atoms with Gasteiger partial charge in [-0.2, -0.15) is 0 Å². The smallest absolute Gasteiger partial charge is 0.0426 e. The molecule has 1 heterocycles. The summed E-state index contributed by atoms with van der Waals surface area (Å²) in [4.78, 5) is 7.09. The van der Waals surface area contributed by atoms with Crippen molar-refractivity contribution in [3.8, 4) is 0 Å². The molecule has 0 aliphatic heterocycles. The molecule has 20 heavy (non-hydrogen) atoms. The van der Waals surface area contributed by atoms with Gasteiger partial charge in [-0.15, -0.1) is 0 Å². The van der Waals surface area contributed by atoms with Crippen LogP contribution in [0.2, 0.25) is 0 Å². The van der Waals surface area contributed by atoms with Crippen LogP contribution in [0.15, 0.2) is 6.07 Å². The third-order valence-corrected chi connectivity index (χ3v) is 3.88. The summed E-state index contributed by atoms with van der Waals surface area (Å²) in [5.41, 5.74) is 4.96. The Kier molecular flexibility index (Phi) is 7.17. The summed E-state index contributed by atoms with van der Waals surface area (Å²) >= 11 is 0. The van der Waals surface area contributed by atoms with Crippen LogP contribution in [0.5, 0.6) is 0 Å². The second-order valence-corrected chi connectivity index (χ2v) is 5.69. The van der Waals surface area contributed by atoms with Gasteiger partial charge in [-0.05, 0) is 64.4 Å². The molecular weight excluding hydrogens is 246 g/mol. The van der Waals surface area contributed by atoms with Gasteiger partial charge in [0.05, 0.1) is 0 Å². The lowest BCUT2D eigenvalue weighted by atomic mass is 10.0. The molecule has 1 atom stereocenters.